The molecular weight excluding hydrogens is 360 g/mol. The van der Waals surface area contributed by atoms with Crippen LogP contribution in [-0.4, -0.2) is 27.4 Å². The number of benzene rings is 3. The lowest BCUT2D eigenvalue weighted by molar-refractivity contribution is 0.0994. The zero-order valence-electron chi connectivity index (χ0n) is 14.8. The lowest BCUT2D eigenvalue weighted by Gasteiger charge is -2.21. The van der Waals surface area contributed by atoms with Crippen LogP contribution in [0.3, 0.4) is 0 Å². The van der Waals surface area contributed by atoms with Gasteiger partial charge >= 0.3 is 0 Å². The van der Waals surface area contributed by atoms with Crippen LogP contribution in [0.4, 0.5) is 11.4 Å². The van der Waals surface area contributed by atoms with E-state index in [-0.39, 0.29) is 10.8 Å². The van der Waals surface area contributed by atoms with Crippen molar-refractivity contribution in [3.8, 4) is 0 Å². The monoisotopic (exact) mass is 378 g/mol. The first-order valence-corrected chi connectivity index (χ1v) is 10.5. The Labute approximate surface area is 157 Å². The molecule has 3 aromatic rings. The largest absolute Gasteiger partial charge is 0.308 e. The molecule has 0 saturated heterocycles. The molecule has 0 fully saturated rings. The molecule has 3 aromatic carbocycles. The minimum atomic E-state index is -3.72. The van der Waals surface area contributed by atoms with Crippen LogP contribution in [0.5, 0.6) is 0 Å². The number of nitrogens with zero attached hydrogens (tertiary/aromatic N) is 2. The molecule has 2 aliphatic heterocycles. The maximum atomic E-state index is 13.5. The van der Waals surface area contributed by atoms with E-state index in [4.69, 9.17) is 0 Å². The minimum Gasteiger partial charge on any atom is -0.308 e. The highest BCUT2D eigenvalue weighted by Gasteiger charge is 2.35. The van der Waals surface area contributed by atoms with Gasteiger partial charge in [-0.05, 0) is 43.2 Å². The normalized spacial score (nSPS) is 15.7. The van der Waals surface area contributed by atoms with Gasteiger partial charge in [0.2, 0.25) is 0 Å². The second kappa shape index (κ2) is 5.57. The van der Waals surface area contributed by atoms with Gasteiger partial charge in [0.25, 0.3) is 15.9 Å². The van der Waals surface area contributed by atoms with Crippen molar-refractivity contribution in [1.29, 1.82) is 0 Å². The molecule has 0 atom stereocenters. The summed E-state index contributed by atoms with van der Waals surface area (Å²) in [4.78, 5) is 14.6. The van der Waals surface area contributed by atoms with Crippen molar-refractivity contribution in [3.63, 3.8) is 0 Å². The summed E-state index contributed by atoms with van der Waals surface area (Å²) in [5.74, 6) is -0.0702. The predicted molar refractivity (Wildman–Crippen MR) is 106 cm³/mol. The summed E-state index contributed by atoms with van der Waals surface area (Å²) in [7, 11) is -3.72. The summed E-state index contributed by atoms with van der Waals surface area (Å²) < 4.78 is 28.5. The molecule has 136 valence electrons. The van der Waals surface area contributed by atoms with Crippen LogP contribution in [0.25, 0.3) is 10.8 Å². The van der Waals surface area contributed by atoms with E-state index in [1.54, 1.807) is 35.2 Å². The number of para-hydroxylation sites is 1. The van der Waals surface area contributed by atoms with E-state index < -0.39 is 10.0 Å². The first-order valence-electron chi connectivity index (χ1n) is 9.02. The van der Waals surface area contributed by atoms with E-state index in [2.05, 4.69) is 0 Å². The lowest BCUT2D eigenvalue weighted by Crippen LogP contribution is -2.29. The van der Waals surface area contributed by atoms with Crippen LogP contribution in [0.2, 0.25) is 0 Å². The average molecular weight is 378 g/mol. The number of amides is 1. The number of sulfonamides is 1. The zero-order valence-corrected chi connectivity index (χ0v) is 15.7. The standard InChI is InChI=1S/C21H18N2O3S/c1-2-22-18-10-11-19(15-7-5-8-16(20(15)18)21(22)24)27(25,26)23-13-12-14-6-3-4-9-17(14)23/h3-11H,2,12-13H2,1H3. The molecule has 5 rings (SSSR count). The van der Waals surface area contributed by atoms with Crippen molar-refractivity contribution in [2.75, 3.05) is 22.3 Å². The van der Waals surface area contributed by atoms with Crippen LogP contribution in [-0.2, 0) is 16.4 Å². The molecule has 0 N–H and O–H groups in total. The predicted octanol–water partition coefficient (Wildman–Crippen LogP) is 3.57. The van der Waals surface area contributed by atoms with E-state index >= 15 is 0 Å². The van der Waals surface area contributed by atoms with Gasteiger partial charge in [0, 0.05) is 29.4 Å². The first-order chi connectivity index (χ1) is 13.0. The number of carbonyl (C=O) groups is 1. The van der Waals surface area contributed by atoms with Crippen LogP contribution in [0, 0.1) is 0 Å². The van der Waals surface area contributed by atoms with E-state index in [9.17, 15) is 13.2 Å². The summed E-state index contributed by atoms with van der Waals surface area (Å²) in [5, 5.41) is 1.34. The molecule has 2 aliphatic rings. The van der Waals surface area contributed by atoms with Gasteiger partial charge in [0.15, 0.2) is 0 Å². The van der Waals surface area contributed by atoms with E-state index in [0.717, 1.165) is 22.3 Å². The van der Waals surface area contributed by atoms with Crippen molar-refractivity contribution in [3.05, 3.63) is 65.7 Å². The number of rotatable bonds is 3. The van der Waals surface area contributed by atoms with Crippen molar-refractivity contribution < 1.29 is 13.2 Å². The van der Waals surface area contributed by atoms with Gasteiger partial charge < -0.3 is 4.90 Å². The van der Waals surface area contributed by atoms with E-state index in [1.807, 2.05) is 31.2 Å². The van der Waals surface area contributed by atoms with Crippen LogP contribution in [0.1, 0.15) is 22.8 Å². The van der Waals surface area contributed by atoms with Crippen LogP contribution >= 0.6 is 0 Å². The van der Waals surface area contributed by atoms with Gasteiger partial charge in [-0.3, -0.25) is 9.10 Å². The quantitative estimate of drug-likeness (QED) is 0.700. The number of hydrogen-bond acceptors (Lipinski definition) is 3. The molecule has 0 spiro atoms. The SMILES string of the molecule is CCN1C(=O)c2cccc3c(S(=O)(=O)N4CCc5ccccc54)ccc1c23. The molecule has 1 amide bonds. The Morgan fingerprint density at radius 2 is 1.78 bits per heavy atom. The van der Waals surface area contributed by atoms with E-state index in [0.29, 0.717) is 30.5 Å². The molecule has 0 unspecified atom stereocenters. The smallest absolute Gasteiger partial charge is 0.264 e. The molecule has 0 bridgehead atoms. The maximum Gasteiger partial charge on any atom is 0.264 e. The third-order valence-corrected chi connectivity index (χ3v) is 7.35. The fraction of sp³-hybridized carbons (Fsp3) is 0.190. The fourth-order valence-corrected chi connectivity index (χ4v) is 5.93. The number of hydrogen-bond donors (Lipinski definition) is 0. The molecule has 27 heavy (non-hydrogen) atoms. The average Bonchev–Trinajstić information content (AvgIpc) is 3.23. The van der Waals surface area contributed by atoms with Gasteiger partial charge in [-0.2, -0.15) is 0 Å². The molecule has 6 heteroatoms. The van der Waals surface area contributed by atoms with Gasteiger partial charge in [0.1, 0.15) is 0 Å². The Kier molecular flexibility index (Phi) is 3.37. The van der Waals surface area contributed by atoms with Gasteiger partial charge in [-0.25, -0.2) is 8.42 Å². The van der Waals surface area contributed by atoms with Crippen molar-refractivity contribution in [1.82, 2.24) is 0 Å². The first kappa shape index (κ1) is 16.3. The Balaban J connectivity index is 1.74. The molecule has 0 saturated carbocycles. The van der Waals surface area contributed by atoms with Crippen molar-refractivity contribution in [2.24, 2.45) is 0 Å². The maximum absolute atomic E-state index is 13.5. The molecular formula is C21H18N2O3S. The lowest BCUT2D eigenvalue weighted by atomic mass is 10.1. The molecule has 2 heterocycles. The number of anilines is 2. The number of fused-ring (bicyclic) bond motifs is 1. The Bertz CT molecular complexity index is 1220. The molecule has 0 aliphatic carbocycles. The highest BCUT2D eigenvalue weighted by Crippen LogP contribution is 2.42. The third kappa shape index (κ3) is 2.10. The number of carbonyl (C=O) groups excluding carboxylic acids is 1. The van der Waals surface area contributed by atoms with Gasteiger partial charge in [-0.15, -0.1) is 0 Å². The second-order valence-corrected chi connectivity index (χ2v) is 8.65. The van der Waals surface area contributed by atoms with Crippen LogP contribution < -0.4 is 9.21 Å². The second-order valence-electron chi connectivity index (χ2n) is 6.82. The van der Waals surface area contributed by atoms with Crippen molar-refractivity contribution >= 4 is 38.1 Å². The van der Waals surface area contributed by atoms with E-state index in [1.165, 1.54) is 4.31 Å². The van der Waals surface area contributed by atoms with Crippen LogP contribution in [0.15, 0.2) is 59.5 Å². The summed E-state index contributed by atoms with van der Waals surface area (Å²) in [6.07, 6.45) is 0.707. The molecule has 5 nitrogen and oxygen atoms in total. The third-order valence-electron chi connectivity index (χ3n) is 5.47. The minimum absolute atomic E-state index is 0.0702. The summed E-state index contributed by atoms with van der Waals surface area (Å²) in [5.41, 5.74) is 3.14. The fourth-order valence-electron chi connectivity index (χ4n) is 4.23. The summed E-state index contributed by atoms with van der Waals surface area (Å²) in [6, 6.07) is 16.3. The topological polar surface area (TPSA) is 57.7 Å². The Hall–Kier alpha value is -2.86. The summed E-state index contributed by atoms with van der Waals surface area (Å²) >= 11 is 0. The Morgan fingerprint density at radius 1 is 0.963 bits per heavy atom. The highest BCUT2D eigenvalue weighted by atomic mass is 32.2. The highest BCUT2D eigenvalue weighted by molar-refractivity contribution is 7.93. The van der Waals surface area contributed by atoms with Gasteiger partial charge in [0.05, 0.1) is 16.3 Å². The van der Waals surface area contributed by atoms with Crippen molar-refractivity contribution in [2.45, 2.75) is 18.2 Å². The Morgan fingerprint density at radius 3 is 2.59 bits per heavy atom. The molecule has 0 aromatic heterocycles. The summed E-state index contributed by atoms with van der Waals surface area (Å²) in [6.45, 7) is 2.90. The zero-order chi connectivity index (χ0) is 18.8. The van der Waals surface area contributed by atoms with Gasteiger partial charge in [-0.1, -0.05) is 30.3 Å². The molecule has 0 radical (unpaired) electrons.